The van der Waals surface area contributed by atoms with Gasteiger partial charge >= 0.3 is 12.1 Å². The molecule has 0 fully saturated rings. The normalized spacial score (nSPS) is 12.8. The number of alkyl halides is 3. The van der Waals surface area contributed by atoms with Gasteiger partial charge in [-0.15, -0.1) is 11.3 Å². The van der Waals surface area contributed by atoms with Crippen molar-refractivity contribution in [3.05, 3.63) is 70.9 Å². The first-order valence-electron chi connectivity index (χ1n) is 9.74. The molecule has 1 unspecified atom stereocenters. The van der Waals surface area contributed by atoms with Crippen LogP contribution in [0.25, 0.3) is 21.5 Å². The van der Waals surface area contributed by atoms with Crippen LogP contribution in [-0.4, -0.2) is 20.6 Å². The fourth-order valence-corrected chi connectivity index (χ4v) is 4.35. The molecule has 2 aromatic carbocycles. The first-order chi connectivity index (χ1) is 15.1. The van der Waals surface area contributed by atoms with Crippen molar-refractivity contribution in [1.29, 1.82) is 0 Å². The topological polar surface area (TPSA) is 64.4 Å². The van der Waals surface area contributed by atoms with Gasteiger partial charge in [0.1, 0.15) is 23.4 Å². The summed E-state index contributed by atoms with van der Waals surface area (Å²) in [5, 5.41) is 10.7. The minimum Gasteiger partial charge on any atom is -0.487 e. The average molecular weight is 460 g/mol. The summed E-state index contributed by atoms with van der Waals surface area (Å²) in [5.74, 6) is -0.312. The summed E-state index contributed by atoms with van der Waals surface area (Å²) in [6.07, 6.45) is -2.66. The van der Waals surface area contributed by atoms with Gasteiger partial charge < -0.3 is 14.4 Å². The second kappa shape index (κ2) is 8.31. The van der Waals surface area contributed by atoms with Crippen LogP contribution in [0.4, 0.5) is 13.2 Å². The Balaban J connectivity index is 1.55. The van der Waals surface area contributed by atoms with Crippen LogP contribution in [0.2, 0.25) is 0 Å². The lowest BCUT2D eigenvalue weighted by Gasteiger charge is -2.11. The molecule has 5 nitrogen and oxygen atoms in total. The van der Waals surface area contributed by atoms with E-state index in [4.69, 9.17) is 4.74 Å². The quantitative estimate of drug-likeness (QED) is 0.366. The van der Waals surface area contributed by atoms with E-state index in [1.54, 1.807) is 23.8 Å². The lowest BCUT2D eigenvalue weighted by Crippen LogP contribution is -2.14. The van der Waals surface area contributed by atoms with Crippen LogP contribution in [0.5, 0.6) is 5.75 Å². The largest absolute Gasteiger partial charge is 0.487 e. The van der Waals surface area contributed by atoms with E-state index in [1.807, 2.05) is 25.1 Å². The number of rotatable bonds is 6. The molecule has 0 saturated carbocycles. The summed E-state index contributed by atoms with van der Waals surface area (Å²) in [4.78, 5) is 16.7. The van der Waals surface area contributed by atoms with Crippen LogP contribution in [0.15, 0.2) is 54.7 Å². The molecule has 0 radical (unpaired) electrons. The van der Waals surface area contributed by atoms with Crippen LogP contribution >= 0.6 is 11.3 Å². The summed E-state index contributed by atoms with van der Waals surface area (Å²) in [7, 11) is 0. The summed E-state index contributed by atoms with van der Waals surface area (Å²) in [6, 6.07) is 11.5. The number of carbonyl (C=O) groups is 1. The third kappa shape index (κ3) is 4.20. The average Bonchev–Trinajstić information content (AvgIpc) is 3.35. The zero-order valence-corrected chi connectivity index (χ0v) is 18.0. The molecule has 1 N–H and O–H groups in total. The van der Waals surface area contributed by atoms with Crippen LogP contribution < -0.4 is 4.74 Å². The van der Waals surface area contributed by atoms with E-state index in [0.29, 0.717) is 16.3 Å². The van der Waals surface area contributed by atoms with Crippen molar-refractivity contribution >= 4 is 28.2 Å². The van der Waals surface area contributed by atoms with Crippen molar-refractivity contribution in [2.75, 3.05) is 0 Å². The lowest BCUT2D eigenvalue weighted by atomic mass is 10.1. The molecule has 4 rings (SSSR count). The van der Waals surface area contributed by atoms with Gasteiger partial charge in [-0.25, -0.2) is 9.78 Å². The number of ether oxygens (including phenoxy) is 1. The smallest absolute Gasteiger partial charge is 0.416 e. The number of nitrogens with zero attached hydrogens (tertiary/aromatic N) is 2. The number of hydrogen-bond donors (Lipinski definition) is 1. The number of fused-ring (bicyclic) bond motifs is 1. The molecule has 0 aliphatic carbocycles. The Morgan fingerprint density at radius 1 is 1.19 bits per heavy atom. The Kier molecular flexibility index (Phi) is 5.68. The van der Waals surface area contributed by atoms with E-state index < -0.39 is 23.8 Å². The van der Waals surface area contributed by atoms with Crippen molar-refractivity contribution in [3.8, 4) is 16.3 Å². The van der Waals surface area contributed by atoms with Gasteiger partial charge in [-0.05, 0) is 44.2 Å². The van der Waals surface area contributed by atoms with Crippen molar-refractivity contribution in [2.24, 2.45) is 0 Å². The Morgan fingerprint density at radius 2 is 1.91 bits per heavy atom. The van der Waals surface area contributed by atoms with Crippen LogP contribution in [0, 0.1) is 6.92 Å². The minimum absolute atomic E-state index is 0.239. The standard InChI is InChI=1S/C23H19F3N2O3S/c1-13-20(32-21(27-13)15-6-8-16(9-7-15)23(24,25)26)12-31-19-5-3-4-18-17(19)10-11-28(18)14(2)22(29)30/h3-11,14H,12H2,1-2H3,(H,29,30). The first kappa shape index (κ1) is 21.9. The van der Waals surface area contributed by atoms with Crippen molar-refractivity contribution in [3.63, 3.8) is 0 Å². The second-order valence-corrected chi connectivity index (χ2v) is 8.40. The Hall–Kier alpha value is -3.33. The molecule has 32 heavy (non-hydrogen) atoms. The van der Waals surface area contributed by atoms with Gasteiger partial charge in [-0.2, -0.15) is 13.2 Å². The summed E-state index contributed by atoms with van der Waals surface area (Å²) in [5.41, 5.74) is 1.41. The van der Waals surface area contributed by atoms with E-state index in [9.17, 15) is 23.1 Å². The van der Waals surface area contributed by atoms with Crippen LogP contribution in [-0.2, 0) is 17.6 Å². The van der Waals surface area contributed by atoms with E-state index in [0.717, 1.165) is 33.6 Å². The van der Waals surface area contributed by atoms with Crippen molar-refractivity contribution < 1.29 is 27.8 Å². The van der Waals surface area contributed by atoms with Crippen LogP contribution in [0.3, 0.4) is 0 Å². The van der Waals surface area contributed by atoms with E-state index >= 15 is 0 Å². The highest BCUT2D eigenvalue weighted by Crippen LogP contribution is 2.34. The number of aromatic nitrogens is 2. The molecule has 1 atom stereocenters. The number of carboxylic acids is 1. The first-order valence-corrected chi connectivity index (χ1v) is 10.6. The van der Waals surface area contributed by atoms with Gasteiger partial charge in [0, 0.05) is 17.1 Å². The van der Waals surface area contributed by atoms with Gasteiger partial charge in [0.2, 0.25) is 0 Å². The van der Waals surface area contributed by atoms with E-state index in [-0.39, 0.29) is 6.61 Å². The molecule has 2 heterocycles. The maximum absolute atomic E-state index is 12.8. The molecule has 0 bridgehead atoms. The molecular formula is C23H19F3N2O3S. The number of carboxylic acid groups (broad SMARTS) is 1. The van der Waals surface area contributed by atoms with Crippen molar-refractivity contribution in [1.82, 2.24) is 9.55 Å². The molecule has 4 aromatic rings. The third-order valence-corrected chi connectivity index (χ3v) is 6.39. The zero-order chi connectivity index (χ0) is 23.0. The molecule has 0 aliphatic rings. The summed E-state index contributed by atoms with van der Waals surface area (Å²) < 4.78 is 46.0. The summed E-state index contributed by atoms with van der Waals surface area (Å²) in [6.45, 7) is 3.68. The number of benzene rings is 2. The highest BCUT2D eigenvalue weighted by molar-refractivity contribution is 7.15. The maximum Gasteiger partial charge on any atom is 0.416 e. The van der Waals surface area contributed by atoms with E-state index in [2.05, 4.69) is 4.98 Å². The molecule has 0 saturated heterocycles. The summed E-state index contributed by atoms with van der Waals surface area (Å²) >= 11 is 1.36. The highest BCUT2D eigenvalue weighted by Gasteiger charge is 2.30. The van der Waals surface area contributed by atoms with E-state index in [1.165, 1.54) is 23.5 Å². The Bertz CT molecular complexity index is 1280. The Morgan fingerprint density at radius 3 is 2.56 bits per heavy atom. The van der Waals surface area contributed by atoms with Crippen molar-refractivity contribution in [2.45, 2.75) is 32.7 Å². The predicted molar refractivity (Wildman–Crippen MR) is 116 cm³/mol. The molecule has 166 valence electrons. The van der Waals surface area contributed by atoms with Gasteiger partial charge in [0.05, 0.1) is 21.7 Å². The predicted octanol–water partition coefficient (Wildman–Crippen LogP) is 6.32. The van der Waals surface area contributed by atoms with Crippen LogP contribution in [0.1, 0.15) is 29.1 Å². The fraction of sp³-hybridized carbons (Fsp3) is 0.217. The molecule has 9 heteroatoms. The number of thiazole rings is 1. The lowest BCUT2D eigenvalue weighted by molar-refractivity contribution is -0.140. The number of aryl methyl sites for hydroxylation is 1. The monoisotopic (exact) mass is 460 g/mol. The number of aliphatic carboxylic acids is 1. The molecular weight excluding hydrogens is 441 g/mol. The fourth-order valence-electron chi connectivity index (χ4n) is 3.37. The maximum atomic E-state index is 12.8. The third-order valence-electron chi connectivity index (χ3n) is 5.21. The van der Waals surface area contributed by atoms with Gasteiger partial charge in [0.25, 0.3) is 0 Å². The molecule has 2 aromatic heterocycles. The molecule has 0 spiro atoms. The number of hydrogen-bond acceptors (Lipinski definition) is 4. The molecule has 0 amide bonds. The second-order valence-electron chi connectivity index (χ2n) is 7.32. The minimum atomic E-state index is -4.38. The zero-order valence-electron chi connectivity index (χ0n) is 17.2. The molecule has 0 aliphatic heterocycles. The van der Waals surface area contributed by atoms with Gasteiger partial charge in [-0.1, -0.05) is 18.2 Å². The van der Waals surface area contributed by atoms with Gasteiger partial charge in [-0.3, -0.25) is 0 Å². The highest BCUT2D eigenvalue weighted by atomic mass is 32.1. The van der Waals surface area contributed by atoms with Gasteiger partial charge in [0.15, 0.2) is 0 Å². The Labute approximate surface area is 185 Å². The SMILES string of the molecule is Cc1nc(-c2ccc(C(F)(F)F)cc2)sc1COc1cccc2c1ccn2C(C)C(=O)O. The number of halogens is 3.